The predicted octanol–water partition coefficient (Wildman–Crippen LogP) is 4.21. The first kappa shape index (κ1) is 26.2. The van der Waals surface area contributed by atoms with E-state index >= 15 is 0 Å². The van der Waals surface area contributed by atoms with Gasteiger partial charge in [0.1, 0.15) is 0 Å². The molecule has 1 aliphatic heterocycles. The number of carbonyl (C=O) groups excluding carboxylic acids is 1. The zero-order chi connectivity index (χ0) is 19.2. The van der Waals surface area contributed by atoms with Gasteiger partial charge in [-0.05, 0) is 76.1 Å². The molecular formula is C23H39Cl2N3O. The minimum atomic E-state index is -0.375. The molecular weight excluding hydrogens is 405 g/mol. The predicted molar refractivity (Wildman–Crippen MR) is 126 cm³/mol. The molecule has 1 aliphatic carbocycles. The van der Waals surface area contributed by atoms with Crippen LogP contribution in [0.1, 0.15) is 56.6 Å². The third-order valence-electron chi connectivity index (χ3n) is 6.56. The highest BCUT2D eigenvalue weighted by Gasteiger charge is 2.31. The Labute approximate surface area is 189 Å². The molecule has 0 unspecified atom stereocenters. The van der Waals surface area contributed by atoms with E-state index in [2.05, 4.69) is 41.0 Å². The van der Waals surface area contributed by atoms with E-state index in [-0.39, 0.29) is 36.8 Å². The Hall–Kier alpha value is -0.810. The van der Waals surface area contributed by atoms with Crippen molar-refractivity contribution >= 4 is 30.7 Å². The van der Waals surface area contributed by atoms with Gasteiger partial charge in [0.25, 0.3) is 0 Å². The summed E-state index contributed by atoms with van der Waals surface area (Å²) in [6.07, 6.45) is 8.36. The van der Waals surface area contributed by atoms with Crippen molar-refractivity contribution in [3.63, 3.8) is 0 Å². The lowest BCUT2D eigenvalue weighted by Crippen LogP contribution is -2.50. The van der Waals surface area contributed by atoms with Crippen LogP contribution in [-0.4, -0.2) is 54.0 Å². The van der Waals surface area contributed by atoms with Crippen molar-refractivity contribution in [2.45, 2.75) is 70.9 Å². The summed E-state index contributed by atoms with van der Waals surface area (Å²) in [6, 6.07) is 8.77. The number of aryl methyl sites for hydroxylation is 1. The molecule has 1 aromatic carbocycles. The molecule has 1 amide bonds. The fourth-order valence-electron chi connectivity index (χ4n) is 4.74. The van der Waals surface area contributed by atoms with Gasteiger partial charge in [-0.1, -0.05) is 37.1 Å². The Morgan fingerprint density at radius 3 is 2.34 bits per heavy atom. The van der Waals surface area contributed by atoms with Crippen LogP contribution in [-0.2, 0) is 11.2 Å². The molecule has 4 nitrogen and oxygen atoms in total. The number of piperidine rings is 1. The highest BCUT2D eigenvalue weighted by Crippen LogP contribution is 2.27. The molecule has 1 atom stereocenters. The molecule has 2 N–H and O–H groups in total. The van der Waals surface area contributed by atoms with E-state index in [9.17, 15) is 4.79 Å². The summed E-state index contributed by atoms with van der Waals surface area (Å²) in [4.78, 5) is 17.4. The molecule has 3 rings (SSSR count). The molecule has 29 heavy (non-hydrogen) atoms. The zero-order valence-electron chi connectivity index (χ0n) is 18.0. The summed E-state index contributed by atoms with van der Waals surface area (Å²) in [5, 5.41) is 0. The van der Waals surface area contributed by atoms with E-state index in [0.29, 0.717) is 12.0 Å². The monoisotopic (exact) mass is 443 g/mol. The van der Waals surface area contributed by atoms with E-state index < -0.39 is 0 Å². The van der Waals surface area contributed by atoms with Crippen LogP contribution in [0.5, 0.6) is 0 Å². The molecule has 6 heteroatoms. The number of likely N-dealkylation sites (tertiary alicyclic amines) is 1. The van der Waals surface area contributed by atoms with E-state index in [0.717, 1.165) is 45.4 Å². The quantitative estimate of drug-likeness (QED) is 0.686. The van der Waals surface area contributed by atoms with Gasteiger partial charge in [0, 0.05) is 19.1 Å². The maximum atomic E-state index is 12.6. The number of benzene rings is 1. The summed E-state index contributed by atoms with van der Waals surface area (Å²) < 4.78 is 0. The first-order valence-corrected chi connectivity index (χ1v) is 10.9. The van der Waals surface area contributed by atoms with Gasteiger partial charge in [-0.2, -0.15) is 0 Å². The number of hydrogen-bond donors (Lipinski definition) is 1. The smallest absolute Gasteiger partial charge is 0.239 e. The Bertz CT molecular complexity index is 612. The summed E-state index contributed by atoms with van der Waals surface area (Å²) in [5.41, 5.74) is 8.80. The fourth-order valence-corrected chi connectivity index (χ4v) is 4.74. The lowest BCUT2D eigenvalue weighted by molar-refractivity contribution is -0.135. The summed E-state index contributed by atoms with van der Waals surface area (Å²) in [5.74, 6) is 0.784. The number of carbonyl (C=O) groups is 1. The normalized spacial score (nSPS) is 19.3. The first-order valence-electron chi connectivity index (χ1n) is 10.9. The molecule has 0 bridgehead atoms. The van der Waals surface area contributed by atoms with Crippen LogP contribution in [0.2, 0.25) is 0 Å². The van der Waals surface area contributed by atoms with Crippen molar-refractivity contribution in [1.82, 2.24) is 9.80 Å². The molecule has 1 saturated heterocycles. The molecule has 0 spiro atoms. The Balaban J connectivity index is 0.00000210. The first-order chi connectivity index (χ1) is 13.0. The molecule has 2 aliphatic rings. The maximum Gasteiger partial charge on any atom is 0.239 e. The number of amides is 1. The number of halogens is 2. The summed E-state index contributed by atoms with van der Waals surface area (Å²) in [6.45, 7) is 8.40. The van der Waals surface area contributed by atoms with Gasteiger partial charge in [0.05, 0.1) is 6.04 Å². The van der Waals surface area contributed by atoms with Crippen LogP contribution in [0.3, 0.4) is 0 Å². The van der Waals surface area contributed by atoms with Crippen molar-refractivity contribution in [1.29, 1.82) is 0 Å². The van der Waals surface area contributed by atoms with Crippen LogP contribution in [0, 0.1) is 12.8 Å². The number of nitrogens with two attached hydrogens (primary N) is 1. The van der Waals surface area contributed by atoms with Crippen LogP contribution < -0.4 is 5.73 Å². The standard InChI is InChI=1S/C23H37N3O.2ClH/c1-18-7-3-4-8-21(18)13-16-25-14-11-20(12-15-25)17-26(23(27)19(2)24)22-9-5-6-10-22;;/h3-4,7-8,19-20,22H,5-6,9-17,24H2,1-2H3;2*1H/t19-;;/m1../s1. The Morgan fingerprint density at radius 1 is 1.14 bits per heavy atom. The van der Waals surface area contributed by atoms with Gasteiger partial charge < -0.3 is 15.5 Å². The third kappa shape index (κ3) is 7.43. The largest absolute Gasteiger partial charge is 0.338 e. The van der Waals surface area contributed by atoms with Gasteiger partial charge in [-0.15, -0.1) is 24.8 Å². The molecule has 0 radical (unpaired) electrons. The number of nitrogens with zero attached hydrogens (tertiary/aromatic N) is 2. The third-order valence-corrected chi connectivity index (χ3v) is 6.56. The van der Waals surface area contributed by atoms with Gasteiger partial charge in [0.15, 0.2) is 0 Å². The van der Waals surface area contributed by atoms with Crippen molar-refractivity contribution in [2.24, 2.45) is 11.7 Å². The van der Waals surface area contributed by atoms with Gasteiger partial charge in [-0.3, -0.25) is 4.79 Å². The van der Waals surface area contributed by atoms with E-state index in [1.165, 1.54) is 36.8 Å². The van der Waals surface area contributed by atoms with Crippen molar-refractivity contribution < 1.29 is 4.79 Å². The van der Waals surface area contributed by atoms with E-state index in [4.69, 9.17) is 5.73 Å². The molecule has 1 aromatic rings. The molecule has 2 fully saturated rings. The average Bonchev–Trinajstić information content (AvgIpc) is 3.20. The minimum Gasteiger partial charge on any atom is -0.338 e. The highest BCUT2D eigenvalue weighted by molar-refractivity contribution is 5.85. The molecule has 1 saturated carbocycles. The zero-order valence-corrected chi connectivity index (χ0v) is 19.6. The second-order valence-electron chi connectivity index (χ2n) is 8.68. The van der Waals surface area contributed by atoms with Gasteiger partial charge >= 0.3 is 0 Å². The molecule has 1 heterocycles. The van der Waals surface area contributed by atoms with Crippen LogP contribution in [0.25, 0.3) is 0 Å². The van der Waals surface area contributed by atoms with E-state index in [1.807, 2.05) is 6.92 Å². The lowest BCUT2D eigenvalue weighted by atomic mass is 9.94. The van der Waals surface area contributed by atoms with Gasteiger partial charge in [0.2, 0.25) is 5.91 Å². The second kappa shape index (κ2) is 12.8. The van der Waals surface area contributed by atoms with Crippen molar-refractivity contribution in [3.05, 3.63) is 35.4 Å². The summed E-state index contributed by atoms with van der Waals surface area (Å²) in [7, 11) is 0. The lowest BCUT2D eigenvalue weighted by Gasteiger charge is -2.38. The highest BCUT2D eigenvalue weighted by atomic mass is 35.5. The second-order valence-corrected chi connectivity index (χ2v) is 8.68. The number of hydrogen-bond acceptors (Lipinski definition) is 3. The molecule has 0 aromatic heterocycles. The average molecular weight is 444 g/mol. The van der Waals surface area contributed by atoms with Gasteiger partial charge in [-0.25, -0.2) is 0 Å². The van der Waals surface area contributed by atoms with E-state index in [1.54, 1.807) is 0 Å². The summed E-state index contributed by atoms with van der Waals surface area (Å²) >= 11 is 0. The number of rotatable bonds is 7. The van der Waals surface area contributed by atoms with Crippen LogP contribution in [0.4, 0.5) is 0 Å². The topological polar surface area (TPSA) is 49.6 Å². The fraction of sp³-hybridized carbons (Fsp3) is 0.696. The van der Waals surface area contributed by atoms with Crippen molar-refractivity contribution in [3.8, 4) is 0 Å². The Morgan fingerprint density at radius 2 is 1.76 bits per heavy atom. The molecule has 166 valence electrons. The minimum absolute atomic E-state index is 0. The maximum absolute atomic E-state index is 12.6. The van der Waals surface area contributed by atoms with Crippen LogP contribution >= 0.6 is 24.8 Å². The SMILES string of the molecule is Cc1ccccc1CCN1CCC(CN(C(=O)[C@@H](C)N)C2CCCC2)CC1.Cl.Cl. The Kier molecular flexibility index (Phi) is 11.6. The van der Waals surface area contributed by atoms with Crippen molar-refractivity contribution in [2.75, 3.05) is 26.2 Å². The van der Waals surface area contributed by atoms with Crippen LogP contribution in [0.15, 0.2) is 24.3 Å².